The van der Waals surface area contributed by atoms with Crippen molar-refractivity contribution < 1.29 is 4.74 Å². The normalized spacial score (nSPS) is 21.7. The molecule has 0 aliphatic carbocycles. The molecule has 0 radical (unpaired) electrons. The highest BCUT2D eigenvalue weighted by atomic mass is 35.5. The number of hydrogen-bond donors (Lipinski definition) is 0. The van der Waals surface area contributed by atoms with Crippen LogP contribution >= 0.6 is 11.6 Å². The molecule has 1 aliphatic heterocycles. The predicted molar refractivity (Wildman–Crippen MR) is 59.4 cm³/mol. The van der Waals surface area contributed by atoms with E-state index in [-0.39, 0.29) is 6.10 Å². The zero-order valence-corrected chi connectivity index (χ0v) is 9.44. The summed E-state index contributed by atoms with van der Waals surface area (Å²) in [5.74, 6) is 1.46. The van der Waals surface area contributed by atoms with Crippen LogP contribution in [0.5, 0.6) is 0 Å². The minimum Gasteiger partial charge on any atom is -0.373 e. The summed E-state index contributed by atoms with van der Waals surface area (Å²) in [6, 6.07) is 0. The summed E-state index contributed by atoms with van der Waals surface area (Å²) in [7, 11) is 0. The van der Waals surface area contributed by atoms with Crippen LogP contribution in [0.1, 0.15) is 5.69 Å². The quantitative estimate of drug-likeness (QED) is 0.713. The van der Waals surface area contributed by atoms with Crippen molar-refractivity contribution in [2.24, 2.45) is 0 Å². The van der Waals surface area contributed by atoms with E-state index in [4.69, 9.17) is 16.3 Å². The van der Waals surface area contributed by atoms with E-state index in [1.54, 1.807) is 12.4 Å². The van der Waals surface area contributed by atoms with Gasteiger partial charge in [-0.2, -0.15) is 0 Å². The van der Waals surface area contributed by atoms with E-state index in [1.807, 2.05) is 6.92 Å². The Morgan fingerprint density at radius 2 is 2.33 bits per heavy atom. The van der Waals surface area contributed by atoms with Crippen LogP contribution < -0.4 is 4.90 Å². The van der Waals surface area contributed by atoms with Crippen LogP contribution in [-0.2, 0) is 4.74 Å². The van der Waals surface area contributed by atoms with Crippen molar-refractivity contribution >= 4 is 17.4 Å². The van der Waals surface area contributed by atoms with Crippen molar-refractivity contribution in [3.05, 3.63) is 18.1 Å². The van der Waals surface area contributed by atoms with Gasteiger partial charge in [0.2, 0.25) is 0 Å². The molecule has 0 amide bonds. The molecular weight excluding hydrogens is 214 g/mol. The van der Waals surface area contributed by atoms with Crippen molar-refractivity contribution in [1.82, 2.24) is 9.97 Å². The molecule has 0 saturated carbocycles. The molecule has 1 saturated heterocycles. The number of alkyl halides is 1. The fourth-order valence-corrected chi connectivity index (χ4v) is 1.90. The second-order valence-corrected chi connectivity index (χ2v) is 3.87. The summed E-state index contributed by atoms with van der Waals surface area (Å²) >= 11 is 5.79. The van der Waals surface area contributed by atoms with Crippen LogP contribution in [-0.4, -0.2) is 41.6 Å². The van der Waals surface area contributed by atoms with E-state index in [9.17, 15) is 0 Å². The number of anilines is 1. The molecule has 1 aromatic rings. The highest BCUT2D eigenvalue weighted by molar-refractivity contribution is 6.18. The molecule has 0 aromatic carbocycles. The third kappa shape index (κ3) is 2.38. The number of aryl methyl sites for hydroxylation is 1. The number of nitrogens with zero attached hydrogens (tertiary/aromatic N) is 3. The Labute approximate surface area is 94.2 Å². The number of aromatic nitrogens is 2. The number of rotatable bonds is 2. The summed E-state index contributed by atoms with van der Waals surface area (Å²) in [5.41, 5.74) is 0.952. The first kappa shape index (κ1) is 10.6. The summed E-state index contributed by atoms with van der Waals surface area (Å²) in [6.45, 7) is 4.32. The topological polar surface area (TPSA) is 38.2 Å². The molecule has 1 aromatic heterocycles. The van der Waals surface area contributed by atoms with Gasteiger partial charge in [0.05, 0.1) is 24.3 Å². The number of morpholine rings is 1. The molecular formula is C10H14ClN3O. The summed E-state index contributed by atoms with van der Waals surface area (Å²) in [5, 5.41) is 0. The van der Waals surface area contributed by atoms with Crippen molar-refractivity contribution in [1.29, 1.82) is 0 Å². The van der Waals surface area contributed by atoms with Gasteiger partial charge in [-0.25, -0.2) is 4.98 Å². The highest BCUT2D eigenvalue weighted by Gasteiger charge is 2.21. The van der Waals surface area contributed by atoms with Gasteiger partial charge in [-0.3, -0.25) is 4.98 Å². The average molecular weight is 228 g/mol. The van der Waals surface area contributed by atoms with Crippen molar-refractivity contribution in [2.45, 2.75) is 13.0 Å². The van der Waals surface area contributed by atoms with Crippen LogP contribution in [0.25, 0.3) is 0 Å². The molecule has 0 spiro atoms. The summed E-state index contributed by atoms with van der Waals surface area (Å²) < 4.78 is 5.50. The Morgan fingerprint density at radius 3 is 3.07 bits per heavy atom. The fraction of sp³-hybridized carbons (Fsp3) is 0.600. The average Bonchev–Trinajstić information content (AvgIpc) is 2.30. The zero-order valence-electron chi connectivity index (χ0n) is 8.69. The maximum absolute atomic E-state index is 5.79. The fourth-order valence-electron chi connectivity index (χ4n) is 1.72. The largest absolute Gasteiger partial charge is 0.373 e. The molecule has 4 nitrogen and oxygen atoms in total. The van der Waals surface area contributed by atoms with Gasteiger partial charge >= 0.3 is 0 Å². The molecule has 1 atom stereocenters. The maximum atomic E-state index is 5.79. The van der Waals surface area contributed by atoms with Gasteiger partial charge in [0.25, 0.3) is 0 Å². The Balaban J connectivity index is 2.13. The van der Waals surface area contributed by atoms with Crippen molar-refractivity contribution in [2.75, 3.05) is 30.5 Å². The van der Waals surface area contributed by atoms with Crippen LogP contribution in [0.15, 0.2) is 12.4 Å². The Hall–Kier alpha value is -0.870. The Bertz CT molecular complexity index is 334. The maximum Gasteiger partial charge on any atom is 0.150 e. The number of hydrogen-bond acceptors (Lipinski definition) is 4. The molecule has 82 valence electrons. The Kier molecular flexibility index (Phi) is 3.38. The molecule has 1 fully saturated rings. The monoisotopic (exact) mass is 227 g/mol. The van der Waals surface area contributed by atoms with Gasteiger partial charge in [0, 0.05) is 25.5 Å². The van der Waals surface area contributed by atoms with E-state index in [1.165, 1.54) is 0 Å². The first-order chi connectivity index (χ1) is 7.31. The lowest BCUT2D eigenvalue weighted by Crippen LogP contribution is -2.44. The molecule has 0 N–H and O–H groups in total. The van der Waals surface area contributed by atoms with E-state index >= 15 is 0 Å². The van der Waals surface area contributed by atoms with E-state index in [2.05, 4.69) is 14.9 Å². The molecule has 2 rings (SSSR count). The predicted octanol–water partition coefficient (Wildman–Crippen LogP) is 1.23. The molecule has 1 unspecified atom stereocenters. The summed E-state index contributed by atoms with van der Waals surface area (Å²) in [6.07, 6.45) is 3.52. The lowest BCUT2D eigenvalue weighted by atomic mass is 10.3. The third-order valence-corrected chi connectivity index (χ3v) is 2.81. The third-order valence-electron chi connectivity index (χ3n) is 2.47. The van der Waals surface area contributed by atoms with Gasteiger partial charge in [0.1, 0.15) is 5.82 Å². The molecule has 1 aliphatic rings. The van der Waals surface area contributed by atoms with Crippen LogP contribution in [0.3, 0.4) is 0 Å². The van der Waals surface area contributed by atoms with Gasteiger partial charge in [-0.1, -0.05) is 0 Å². The number of ether oxygens (including phenoxy) is 1. The zero-order chi connectivity index (χ0) is 10.7. The molecule has 5 heteroatoms. The second-order valence-electron chi connectivity index (χ2n) is 3.56. The molecule has 0 bridgehead atoms. The number of halogens is 1. The smallest absolute Gasteiger partial charge is 0.150 e. The first-order valence-corrected chi connectivity index (χ1v) is 5.55. The van der Waals surface area contributed by atoms with Gasteiger partial charge in [-0.05, 0) is 6.92 Å². The lowest BCUT2D eigenvalue weighted by molar-refractivity contribution is 0.0551. The molecule has 2 heterocycles. The van der Waals surface area contributed by atoms with Gasteiger partial charge in [-0.15, -0.1) is 11.6 Å². The summed E-state index contributed by atoms with van der Waals surface area (Å²) in [4.78, 5) is 10.7. The van der Waals surface area contributed by atoms with Crippen molar-refractivity contribution in [3.63, 3.8) is 0 Å². The van der Waals surface area contributed by atoms with E-state index in [0.717, 1.165) is 24.6 Å². The standard InChI is InChI=1S/C10H14ClN3O/c1-8-10(13-3-2-12-8)14-4-5-15-9(6-11)7-14/h2-3,9H,4-7H2,1H3. The van der Waals surface area contributed by atoms with Gasteiger partial charge in [0.15, 0.2) is 0 Å². The minimum atomic E-state index is 0.0989. The van der Waals surface area contributed by atoms with E-state index in [0.29, 0.717) is 12.5 Å². The van der Waals surface area contributed by atoms with Gasteiger partial charge < -0.3 is 9.64 Å². The van der Waals surface area contributed by atoms with Crippen LogP contribution in [0.2, 0.25) is 0 Å². The highest BCUT2D eigenvalue weighted by Crippen LogP contribution is 2.17. The van der Waals surface area contributed by atoms with Crippen LogP contribution in [0, 0.1) is 6.92 Å². The SMILES string of the molecule is Cc1nccnc1N1CCOC(CCl)C1. The van der Waals surface area contributed by atoms with Crippen molar-refractivity contribution in [3.8, 4) is 0 Å². The lowest BCUT2D eigenvalue weighted by Gasteiger charge is -2.33. The van der Waals surface area contributed by atoms with Crippen LogP contribution in [0.4, 0.5) is 5.82 Å². The minimum absolute atomic E-state index is 0.0989. The second kappa shape index (κ2) is 4.77. The first-order valence-electron chi connectivity index (χ1n) is 5.01. The van der Waals surface area contributed by atoms with E-state index < -0.39 is 0 Å². The Morgan fingerprint density at radius 1 is 1.53 bits per heavy atom. The molecule has 15 heavy (non-hydrogen) atoms.